The largest absolute Gasteiger partial charge is 0.391 e. The summed E-state index contributed by atoms with van der Waals surface area (Å²) in [6.07, 6.45) is 11.4. The molecular weight excluding hydrogens is 160 g/mol. The fourth-order valence-electron chi connectivity index (χ4n) is 2.32. The van der Waals surface area contributed by atoms with Crippen molar-refractivity contribution in [3.8, 4) is 0 Å². The Kier molecular flexibility index (Phi) is 3.25. The molecule has 13 heavy (non-hydrogen) atoms. The average Bonchev–Trinajstić information content (AvgIpc) is 2.47. The van der Waals surface area contributed by atoms with Crippen molar-refractivity contribution in [1.82, 2.24) is 10.2 Å². The van der Waals surface area contributed by atoms with Crippen LogP contribution >= 0.6 is 0 Å². The number of likely N-dealkylation sites (tertiary alicyclic amines) is 1. The predicted molar refractivity (Wildman–Crippen MR) is 55.6 cm³/mol. The molecule has 2 aliphatic rings. The van der Waals surface area contributed by atoms with E-state index in [1.165, 1.54) is 45.2 Å². The molecule has 0 aliphatic carbocycles. The van der Waals surface area contributed by atoms with Crippen molar-refractivity contribution in [2.24, 2.45) is 0 Å². The fraction of sp³-hybridized carbons (Fsp3) is 0.818. The first kappa shape index (κ1) is 9.07. The molecule has 2 heterocycles. The Morgan fingerprint density at radius 2 is 1.85 bits per heavy atom. The van der Waals surface area contributed by atoms with Gasteiger partial charge in [0.15, 0.2) is 0 Å². The van der Waals surface area contributed by atoms with Crippen LogP contribution in [0.5, 0.6) is 0 Å². The summed E-state index contributed by atoms with van der Waals surface area (Å²) in [6.45, 7) is 3.78. The first-order valence-corrected chi connectivity index (χ1v) is 5.61. The highest BCUT2D eigenvalue weighted by Crippen LogP contribution is 2.15. The monoisotopic (exact) mass is 180 g/mol. The second-order valence-corrected chi connectivity index (χ2v) is 4.12. The number of hydrogen-bond donors (Lipinski definition) is 1. The smallest absolute Gasteiger partial charge is 0.0311 e. The molecular formula is C11H20N2. The van der Waals surface area contributed by atoms with Crippen LogP contribution in [0.4, 0.5) is 0 Å². The zero-order valence-corrected chi connectivity index (χ0v) is 8.34. The minimum atomic E-state index is 0.722. The van der Waals surface area contributed by atoms with Gasteiger partial charge < -0.3 is 5.32 Å². The molecule has 74 valence electrons. The van der Waals surface area contributed by atoms with E-state index in [1.54, 1.807) is 0 Å². The third kappa shape index (κ3) is 2.47. The molecule has 2 rings (SSSR count). The van der Waals surface area contributed by atoms with Gasteiger partial charge in [0, 0.05) is 12.6 Å². The molecule has 0 aromatic rings. The Morgan fingerprint density at radius 1 is 1.08 bits per heavy atom. The number of nitrogens with one attached hydrogen (secondary N) is 1. The van der Waals surface area contributed by atoms with Gasteiger partial charge in [0.05, 0.1) is 0 Å². The van der Waals surface area contributed by atoms with E-state index in [0.717, 1.165) is 12.6 Å². The summed E-state index contributed by atoms with van der Waals surface area (Å²) in [5.41, 5.74) is 0. The van der Waals surface area contributed by atoms with Gasteiger partial charge in [-0.2, -0.15) is 0 Å². The summed E-state index contributed by atoms with van der Waals surface area (Å²) in [4.78, 5) is 2.66. The molecule has 2 aliphatic heterocycles. The first-order valence-electron chi connectivity index (χ1n) is 5.61. The lowest BCUT2D eigenvalue weighted by Crippen LogP contribution is -2.38. The van der Waals surface area contributed by atoms with Crippen molar-refractivity contribution in [2.45, 2.75) is 38.1 Å². The Labute approximate surface area is 81.0 Å². The highest BCUT2D eigenvalue weighted by atomic mass is 15.2. The third-order valence-corrected chi connectivity index (χ3v) is 3.13. The molecule has 0 radical (unpaired) electrons. The van der Waals surface area contributed by atoms with Crippen LogP contribution in [-0.2, 0) is 0 Å². The maximum absolute atomic E-state index is 3.26. The SMILES string of the molecule is C1=CC(N2CCCCCC2)CCN1. The van der Waals surface area contributed by atoms with Crippen molar-refractivity contribution in [3.63, 3.8) is 0 Å². The summed E-state index contributed by atoms with van der Waals surface area (Å²) in [6, 6.07) is 0.722. The van der Waals surface area contributed by atoms with Crippen LogP contribution in [-0.4, -0.2) is 30.6 Å². The van der Waals surface area contributed by atoms with Gasteiger partial charge in [-0.1, -0.05) is 18.9 Å². The summed E-state index contributed by atoms with van der Waals surface area (Å²) < 4.78 is 0. The van der Waals surface area contributed by atoms with E-state index in [4.69, 9.17) is 0 Å². The van der Waals surface area contributed by atoms with Gasteiger partial charge in [-0.25, -0.2) is 0 Å². The standard InChI is InChI=1S/C11H20N2/c1-2-4-10-13(9-3-1)11-5-7-12-8-6-11/h5,7,11-12H,1-4,6,8-10H2. The molecule has 0 aromatic heterocycles. The molecule has 0 saturated carbocycles. The molecule has 1 unspecified atom stereocenters. The molecule has 0 aromatic carbocycles. The lowest BCUT2D eigenvalue weighted by Gasteiger charge is -2.30. The van der Waals surface area contributed by atoms with E-state index in [1.807, 2.05) is 0 Å². The number of hydrogen-bond acceptors (Lipinski definition) is 2. The minimum absolute atomic E-state index is 0.722. The second kappa shape index (κ2) is 4.66. The molecule has 2 nitrogen and oxygen atoms in total. The van der Waals surface area contributed by atoms with Gasteiger partial charge in [-0.3, -0.25) is 4.90 Å². The van der Waals surface area contributed by atoms with Gasteiger partial charge in [0.2, 0.25) is 0 Å². The zero-order valence-electron chi connectivity index (χ0n) is 8.34. The maximum atomic E-state index is 3.26. The van der Waals surface area contributed by atoms with Crippen molar-refractivity contribution in [3.05, 3.63) is 12.3 Å². The molecule has 0 bridgehead atoms. The molecule has 2 heteroatoms. The van der Waals surface area contributed by atoms with Gasteiger partial charge in [-0.05, 0) is 38.6 Å². The lowest BCUT2D eigenvalue weighted by atomic mass is 10.1. The molecule has 1 atom stereocenters. The number of nitrogens with zero attached hydrogens (tertiary/aromatic N) is 1. The number of rotatable bonds is 1. The third-order valence-electron chi connectivity index (χ3n) is 3.13. The minimum Gasteiger partial charge on any atom is -0.391 e. The van der Waals surface area contributed by atoms with E-state index in [0.29, 0.717) is 0 Å². The first-order chi connectivity index (χ1) is 6.47. The van der Waals surface area contributed by atoms with Gasteiger partial charge >= 0.3 is 0 Å². The molecule has 1 saturated heterocycles. The Morgan fingerprint density at radius 3 is 2.46 bits per heavy atom. The predicted octanol–water partition coefficient (Wildman–Crippen LogP) is 1.74. The van der Waals surface area contributed by atoms with Crippen LogP contribution in [0.1, 0.15) is 32.1 Å². The van der Waals surface area contributed by atoms with E-state index in [2.05, 4.69) is 22.5 Å². The van der Waals surface area contributed by atoms with E-state index >= 15 is 0 Å². The van der Waals surface area contributed by atoms with Crippen LogP contribution in [0.15, 0.2) is 12.3 Å². The van der Waals surface area contributed by atoms with Gasteiger partial charge in [0.1, 0.15) is 0 Å². The van der Waals surface area contributed by atoms with Crippen LogP contribution in [0, 0.1) is 0 Å². The van der Waals surface area contributed by atoms with Gasteiger partial charge in [0.25, 0.3) is 0 Å². The summed E-state index contributed by atoms with van der Waals surface area (Å²) in [7, 11) is 0. The normalized spacial score (nSPS) is 30.9. The van der Waals surface area contributed by atoms with Crippen molar-refractivity contribution in [2.75, 3.05) is 19.6 Å². The Bertz CT molecular complexity index is 169. The highest BCUT2D eigenvalue weighted by Gasteiger charge is 2.18. The van der Waals surface area contributed by atoms with Crippen LogP contribution in [0.25, 0.3) is 0 Å². The fourth-order valence-corrected chi connectivity index (χ4v) is 2.32. The Hall–Kier alpha value is -0.500. The van der Waals surface area contributed by atoms with Gasteiger partial charge in [-0.15, -0.1) is 0 Å². The molecule has 0 spiro atoms. The summed E-state index contributed by atoms with van der Waals surface area (Å²) in [5, 5.41) is 3.26. The van der Waals surface area contributed by atoms with Crippen LogP contribution < -0.4 is 5.32 Å². The summed E-state index contributed by atoms with van der Waals surface area (Å²) in [5.74, 6) is 0. The van der Waals surface area contributed by atoms with Crippen LogP contribution in [0.3, 0.4) is 0 Å². The van der Waals surface area contributed by atoms with Crippen molar-refractivity contribution in [1.29, 1.82) is 0 Å². The Balaban J connectivity index is 1.89. The second-order valence-electron chi connectivity index (χ2n) is 4.12. The van der Waals surface area contributed by atoms with E-state index in [-0.39, 0.29) is 0 Å². The lowest BCUT2D eigenvalue weighted by molar-refractivity contribution is 0.224. The molecule has 0 amide bonds. The topological polar surface area (TPSA) is 15.3 Å². The van der Waals surface area contributed by atoms with Crippen molar-refractivity contribution < 1.29 is 0 Å². The van der Waals surface area contributed by atoms with Crippen molar-refractivity contribution >= 4 is 0 Å². The summed E-state index contributed by atoms with van der Waals surface area (Å²) >= 11 is 0. The molecule has 1 fully saturated rings. The average molecular weight is 180 g/mol. The maximum Gasteiger partial charge on any atom is 0.0311 e. The highest BCUT2D eigenvalue weighted by molar-refractivity contribution is 4.98. The van der Waals surface area contributed by atoms with Crippen LogP contribution in [0.2, 0.25) is 0 Å². The molecule has 1 N–H and O–H groups in total. The van der Waals surface area contributed by atoms with E-state index in [9.17, 15) is 0 Å². The quantitative estimate of drug-likeness (QED) is 0.661. The zero-order chi connectivity index (χ0) is 8.93. The van der Waals surface area contributed by atoms with E-state index < -0.39 is 0 Å².